The van der Waals surface area contributed by atoms with E-state index in [-0.39, 0.29) is 0 Å². The van der Waals surface area contributed by atoms with Crippen LogP contribution in [0.2, 0.25) is 0 Å². The van der Waals surface area contributed by atoms with Crippen molar-refractivity contribution in [2.75, 3.05) is 6.54 Å². The number of aromatic nitrogens is 2. The van der Waals surface area contributed by atoms with Crippen molar-refractivity contribution in [1.29, 1.82) is 0 Å². The van der Waals surface area contributed by atoms with Crippen molar-refractivity contribution in [3.05, 3.63) is 24.3 Å². The lowest BCUT2D eigenvalue weighted by Gasteiger charge is -2.03. The molecule has 68 valence electrons. The molecule has 2 rings (SSSR count). The summed E-state index contributed by atoms with van der Waals surface area (Å²) in [5.41, 5.74) is 1.00. The molecular weight excluding hydrogens is 164 g/mol. The summed E-state index contributed by atoms with van der Waals surface area (Å²) in [4.78, 5) is 12.3. The van der Waals surface area contributed by atoms with Gasteiger partial charge in [0, 0.05) is 19.2 Å². The van der Waals surface area contributed by atoms with Crippen LogP contribution >= 0.6 is 0 Å². The maximum absolute atomic E-state index is 4.31. The van der Waals surface area contributed by atoms with Crippen molar-refractivity contribution in [1.82, 2.24) is 15.3 Å². The normalized spacial score (nSPS) is 15.5. The van der Waals surface area contributed by atoms with E-state index >= 15 is 0 Å². The number of hydrogen-bond acceptors (Lipinski definition) is 4. The van der Waals surface area contributed by atoms with E-state index in [1.807, 2.05) is 6.07 Å². The summed E-state index contributed by atoms with van der Waals surface area (Å²) in [5.74, 6) is 1.11. The lowest BCUT2D eigenvalue weighted by molar-refractivity contribution is 0.848. The van der Waals surface area contributed by atoms with E-state index in [1.165, 1.54) is 6.42 Å². The summed E-state index contributed by atoms with van der Waals surface area (Å²) in [6.45, 7) is 1.72. The van der Waals surface area contributed by atoms with Crippen molar-refractivity contribution in [2.45, 2.75) is 19.4 Å². The Balaban J connectivity index is 1.86. The minimum atomic E-state index is 0.751. The zero-order chi connectivity index (χ0) is 8.93. The van der Waals surface area contributed by atoms with Crippen LogP contribution in [0.15, 0.2) is 23.6 Å². The Bertz CT molecular complexity index is 294. The minimum Gasteiger partial charge on any atom is -0.368 e. The fourth-order valence-electron chi connectivity index (χ4n) is 1.30. The summed E-state index contributed by atoms with van der Waals surface area (Å²) in [6, 6.07) is 1.91. The van der Waals surface area contributed by atoms with Crippen LogP contribution in [0, 0.1) is 0 Å². The average molecular weight is 176 g/mol. The molecule has 2 heterocycles. The van der Waals surface area contributed by atoms with Crippen LogP contribution in [-0.2, 0) is 6.54 Å². The van der Waals surface area contributed by atoms with Crippen molar-refractivity contribution in [3.63, 3.8) is 0 Å². The molecule has 0 unspecified atom stereocenters. The standard InChI is InChI=1S/C9H12N4/c1-2-9(11-4-1)12-6-8-3-5-10-7-13-8/h3,5,7H,1-2,4,6H2,(H,11,12). The first-order chi connectivity index (χ1) is 6.45. The van der Waals surface area contributed by atoms with Gasteiger partial charge in [-0.2, -0.15) is 0 Å². The number of nitrogens with one attached hydrogen (secondary N) is 1. The predicted octanol–water partition coefficient (Wildman–Crippen LogP) is 0.758. The van der Waals surface area contributed by atoms with E-state index in [1.54, 1.807) is 12.5 Å². The van der Waals surface area contributed by atoms with Crippen LogP contribution in [-0.4, -0.2) is 22.3 Å². The van der Waals surface area contributed by atoms with Gasteiger partial charge in [0.2, 0.25) is 0 Å². The van der Waals surface area contributed by atoms with E-state index in [0.29, 0.717) is 0 Å². The molecule has 4 nitrogen and oxygen atoms in total. The molecule has 0 atom stereocenters. The second kappa shape index (κ2) is 3.98. The number of amidine groups is 1. The number of aliphatic imine (C=N–C) groups is 1. The predicted molar refractivity (Wildman–Crippen MR) is 50.4 cm³/mol. The fourth-order valence-corrected chi connectivity index (χ4v) is 1.30. The number of hydrogen-bond donors (Lipinski definition) is 1. The molecule has 13 heavy (non-hydrogen) atoms. The maximum Gasteiger partial charge on any atom is 0.115 e. The van der Waals surface area contributed by atoms with Crippen LogP contribution in [0.25, 0.3) is 0 Å². The van der Waals surface area contributed by atoms with Crippen LogP contribution in [0.5, 0.6) is 0 Å². The largest absolute Gasteiger partial charge is 0.368 e. The van der Waals surface area contributed by atoms with Gasteiger partial charge in [0.1, 0.15) is 6.33 Å². The van der Waals surface area contributed by atoms with E-state index < -0.39 is 0 Å². The molecule has 1 N–H and O–H groups in total. The zero-order valence-corrected chi connectivity index (χ0v) is 7.40. The SMILES string of the molecule is c1cc(CNC2=NCCC2)ncn1. The molecule has 0 amide bonds. The van der Waals surface area contributed by atoms with Gasteiger partial charge in [-0.25, -0.2) is 9.97 Å². The molecule has 0 bridgehead atoms. The maximum atomic E-state index is 4.31. The number of rotatable bonds is 2. The third kappa shape index (κ3) is 2.24. The third-order valence-corrected chi connectivity index (χ3v) is 1.99. The van der Waals surface area contributed by atoms with E-state index in [4.69, 9.17) is 0 Å². The zero-order valence-electron chi connectivity index (χ0n) is 7.40. The van der Waals surface area contributed by atoms with Gasteiger partial charge in [-0.05, 0) is 12.5 Å². The topological polar surface area (TPSA) is 50.2 Å². The summed E-state index contributed by atoms with van der Waals surface area (Å²) in [7, 11) is 0. The highest BCUT2D eigenvalue weighted by Gasteiger charge is 2.04. The first-order valence-corrected chi connectivity index (χ1v) is 4.47. The molecule has 0 aliphatic carbocycles. The van der Waals surface area contributed by atoms with Gasteiger partial charge in [-0.3, -0.25) is 4.99 Å². The van der Waals surface area contributed by atoms with Crippen molar-refractivity contribution in [3.8, 4) is 0 Å². The minimum absolute atomic E-state index is 0.751. The second-order valence-electron chi connectivity index (χ2n) is 2.99. The average Bonchev–Trinajstić information content (AvgIpc) is 2.69. The van der Waals surface area contributed by atoms with E-state index in [9.17, 15) is 0 Å². The highest BCUT2D eigenvalue weighted by atomic mass is 15.0. The van der Waals surface area contributed by atoms with Crippen LogP contribution in [0.1, 0.15) is 18.5 Å². The van der Waals surface area contributed by atoms with Crippen LogP contribution < -0.4 is 5.32 Å². The van der Waals surface area contributed by atoms with Gasteiger partial charge < -0.3 is 5.32 Å². The molecule has 0 spiro atoms. The quantitative estimate of drug-likeness (QED) is 0.723. The summed E-state index contributed by atoms with van der Waals surface area (Å²) in [5, 5.41) is 3.26. The van der Waals surface area contributed by atoms with Gasteiger partial charge in [0.25, 0.3) is 0 Å². The highest BCUT2D eigenvalue weighted by Crippen LogP contribution is 2.01. The Hall–Kier alpha value is -1.45. The third-order valence-electron chi connectivity index (χ3n) is 1.99. The van der Waals surface area contributed by atoms with Gasteiger partial charge in [0.15, 0.2) is 0 Å². The van der Waals surface area contributed by atoms with Crippen LogP contribution in [0.4, 0.5) is 0 Å². The van der Waals surface area contributed by atoms with Gasteiger partial charge in [-0.15, -0.1) is 0 Å². The lowest BCUT2D eigenvalue weighted by atomic mass is 10.3. The Morgan fingerprint density at radius 2 is 2.46 bits per heavy atom. The van der Waals surface area contributed by atoms with Gasteiger partial charge >= 0.3 is 0 Å². The molecule has 1 aromatic rings. The molecular formula is C9H12N4. The summed E-state index contributed by atoms with van der Waals surface area (Å²) < 4.78 is 0. The van der Waals surface area contributed by atoms with Crippen molar-refractivity contribution < 1.29 is 0 Å². The Morgan fingerprint density at radius 1 is 1.46 bits per heavy atom. The molecule has 0 radical (unpaired) electrons. The van der Waals surface area contributed by atoms with Crippen LogP contribution in [0.3, 0.4) is 0 Å². The van der Waals surface area contributed by atoms with Gasteiger partial charge in [-0.1, -0.05) is 0 Å². The highest BCUT2D eigenvalue weighted by molar-refractivity contribution is 5.83. The first kappa shape index (κ1) is 8.16. The molecule has 0 saturated heterocycles. The molecule has 1 aliphatic rings. The Labute approximate surface area is 77.1 Å². The van der Waals surface area contributed by atoms with E-state index in [2.05, 4.69) is 20.3 Å². The fraction of sp³-hybridized carbons (Fsp3) is 0.444. The van der Waals surface area contributed by atoms with Gasteiger partial charge in [0.05, 0.1) is 18.1 Å². The summed E-state index contributed by atoms with van der Waals surface area (Å²) >= 11 is 0. The monoisotopic (exact) mass is 176 g/mol. The number of nitrogens with zero attached hydrogens (tertiary/aromatic N) is 3. The lowest BCUT2D eigenvalue weighted by Crippen LogP contribution is -2.21. The Kier molecular flexibility index (Phi) is 2.50. The molecule has 0 fully saturated rings. The second-order valence-corrected chi connectivity index (χ2v) is 2.99. The van der Waals surface area contributed by atoms with E-state index in [0.717, 1.165) is 31.0 Å². The summed E-state index contributed by atoms with van der Waals surface area (Å²) in [6.07, 6.45) is 5.56. The van der Waals surface area contributed by atoms with Crippen molar-refractivity contribution >= 4 is 5.84 Å². The molecule has 0 aromatic carbocycles. The molecule has 1 aliphatic heterocycles. The molecule has 1 aromatic heterocycles. The van der Waals surface area contributed by atoms with Crippen molar-refractivity contribution in [2.24, 2.45) is 4.99 Å². The smallest absolute Gasteiger partial charge is 0.115 e. The Morgan fingerprint density at radius 3 is 3.15 bits per heavy atom. The first-order valence-electron chi connectivity index (χ1n) is 4.47. The molecule has 4 heteroatoms. The molecule has 0 saturated carbocycles.